The molecule has 0 aliphatic heterocycles. The number of phenols is 2. The molecule has 12 nitrogen and oxygen atoms in total. The van der Waals surface area contributed by atoms with E-state index < -0.39 is 48.5 Å². The average molecular weight is 975 g/mol. The third kappa shape index (κ3) is 12.4. The van der Waals surface area contributed by atoms with E-state index in [1.54, 1.807) is 72.8 Å². The largest absolute Gasteiger partial charge is 0.507 e. The van der Waals surface area contributed by atoms with Gasteiger partial charge in [0, 0.05) is 37.1 Å². The number of thiocarbonyl (C=S) groups is 2. The van der Waals surface area contributed by atoms with Crippen molar-refractivity contribution in [2.75, 3.05) is 23.8 Å². The van der Waals surface area contributed by atoms with Crippen molar-refractivity contribution in [2.45, 2.75) is 38.0 Å². The van der Waals surface area contributed by atoms with Gasteiger partial charge in [0.2, 0.25) is 0 Å². The lowest BCUT2D eigenvalue weighted by Crippen LogP contribution is -2.45. The number of halogens is 6. The number of rotatable bonds is 8. The third-order valence-electron chi connectivity index (χ3n) is 10.6. The molecule has 0 spiro atoms. The summed E-state index contributed by atoms with van der Waals surface area (Å²) in [6, 6.07) is 29.7. The fourth-order valence-electron chi connectivity index (χ4n) is 7.29. The van der Waals surface area contributed by atoms with Crippen molar-refractivity contribution in [1.29, 1.82) is 0 Å². The molecule has 6 aromatic carbocycles. The molecule has 20 heteroatoms. The first-order chi connectivity index (χ1) is 32.4. The lowest BCUT2D eigenvalue weighted by Gasteiger charge is -2.20. The molecule has 352 valence electrons. The number of hydrogen-bond acceptors (Lipinski definition) is 8. The summed E-state index contributed by atoms with van der Waals surface area (Å²) >= 11 is 10.4. The highest BCUT2D eigenvalue weighted by atomic mass is 32.1. The number of anilines is 2. The second-order valence-corrected chi connectivity index (χ2v) is 16.2. The van der Waals surface area contributed by atoms with Crippen LogP contribution in [0, 0.1) is 0 Å². The van der Waals surface area contributed by atoms with Crippen LogP contribution in [0.4, 0.5) is 37.7 Å². The maximum atomic E-state index is 13.1. The van der Waals surface area contributed by atoms with E-state index in [0.717, 1.165) is 24.3 Å². The van der Waals surface area contributed by atoms with Crippen LogP contribution in [-0.2, 0) is 47.6 Å². The first kappa shape index (κ1) is 48.4. The average Bonchev–Trinajstić information content (AvgIpc) is 3.29. The SMILES string of the molecule is O=C(COc1c2cccc1Cc1cccc(c1O)Cc1cccc(c1OCC(=O)NNC(=S)Nc1ccc(C(F)(F)F)cc1)Cc1cccc(c1O)C2)NNC(=S)Nc1ccc(C(F)(F)F)cc1. The maximum absolute atomic E-state index is 13.1. The topological polar surface area (TPSA) is 165 Å². The molecule has 0 fully saturated rings. The molecule has 0 radical (unpaired) electrons. The quantitative estimate of drug-likeness (QED) is 0.0416. The lowest BCUT2D eigenvalue weighted by atomic mass is 9.91. The van der Waals surface area contributed by atoms with Gasteiger partial charge in [-0.3, -0.25) is 31.3 Å². The molecule has 6 aromatic rings. The van der Waals surface area contributed by atoms with Crippen molar-refractivity contribution < 1.29 is 55.6 Å². The van der Waals surface area contributed by atoms with Crippen molar-refractivity contribution in [3.63, 3.8) is 0 Å². The van der Waals surface area contributed by atoms with Crippen LogP contribution in [-0.4, -0.2) is 45.5 Å². The summed E-state index contributed by atoms with van der Waals surface area (Å²) in [6.07, 6.45) is -8.39. The zero-order valence-electron chi connectivity index (χ0n) is 35.4. The number of carbonyl (C=O) groups is 2. The van der Waals surface area contributed by atoms with Crippen LogP contribution in [0.15, 0.2) is 121 Å². The van der Waals surface area contributed by atoms with Crippen LogP contribution >= 0.6 is 24.4 Å². The summed E-state index contributed by atoms with van der Waals surface area (Å²) in [7, 11) is 0. The van der Waals surface area contributed by atoms with Gasteiger partial charge >= 0.3 is 12.4 Å². The molecule has 0 saturated carbocycles. The van der Waals surface area contributed by atoms with Crippen molar-refractivity contribution in [2.24, 2.45) is 0 Å². The lowest BCUT2D eigenvalue weighted by molar-refractivity contribution is -0.138. The summed E-state index contributed by atoms with van der Waals surface area (Å²) in [5.74, 6) is -0.656. The molecule has 1 aliphatic rings. The Kier molecular flexibility index (Phi) is 14.9. The van der Waals surface area contributed by atoms with E-state index in [4.69, 9.17) is 33.9 Å². The molecule has 2 amide bonds. The number of alkyl halides is 6. The minimum Gasteiger partial charge on any atom is -0.507 e. The van der Waals surface area contributed by atoms with Crippen LogP contribution in [0.1, 0.15) is 55.6 Å². The van der Waals surface area contributed by atoms with Gasteiger partial charge in [-0.2, -0.15) is 26.3 Å². The summed E-state index contributed by atoms with van der Waals surface area (Å²) in [5, 5.41) is 28.7. The second-order valence-electron chi connectivity index (χ2n) is 15.3. The number of nitrogens with one attached hydrogen (secondary N) is 6. The highest BCUT2D eigenvalue weighted by Gasteiger charge is 2.31. The van der Waals surface area contributed by atoms with Crippen molar-refractivity contribution in [3.05, 3.63) is 177 Å². The highest BCUT2D eigenvalue weighted by Crippen LogP contribution is 2.38. The Bertz CT molecular complexity index is 2570. The summed E-state index contributed by atoms with van der Waals surface area (Å²) < 4.78 is 90.2. The van der Waals surface area contributed by atoms with Gasteiger partial charge in [-0.15, -0.1) is 0 Å². The zero-order chi connectivity index (χ0) is 48.6. The minimum absolute atomic E-state index is 0.0119. The molecule has 1 aliphatic carbocycles. The van der Waals surface area contributed by atoms with Crippen LogP contribution in [0.2, 0.25) is 0 Å². The zero-order valence-corrected chi connectivity index (χ0v) is 37.0. The third-order valence-corrected chi connectivity index (χ3v) is 11.0. The molecule has 7 rings (SSSR count). The van der Waals surface area contributed by atoms with Gasteiger partial charge in [-0.1, -0.05) is 72.8 Å². The Morgan fingerprint density at radius 1 is 0.456 bits per heavy atom. The minimum atomic E-state index is -4.50. The number of hydrogen-bond donors (Lipinski definition) is 8. The monoisotopic (exact) mass is 974 g/mol. The number of hydrazine groups is 2. The summed E-state index contributed by atoms with van der Waals surface area (Å²) in [4.78, 5) is 26.1. The Morgan fingerprint density at radius 3 is 1.01 bits per heavy atom. The fourth-order valence-corrected chi connectivity index (χ4v) is 7.63. The molecule has 0 atom stereocenters. The predicted octanol–water partition coefficient (Wildman–Crippen LogP) is 8.61. The van der Waals surface area contributed by atoms with Gasteiger partial charge in [0.25, 0.3) is 11.8 Å². The van der Waals surface area contributed by atoms with E-state index >= 15 is 0 Å². The summed E-state index contributed by atoms with van der Waals surface area (Å²) in [5.41, 5.74) is 13.2. The second kappa shape index (κ2) is 20.9. The maximum Gasteiger partial charge on any atom is 0.416 e. The fraction of sp³-hybridized carbons (Fsp3) is 0.167. The van der Waals surface area contributed by atoms with E-state index in [0.29, 0.717) is 56.0 Å². The number of aromatic hydroxyl groups is 2. The summed E-state index contributed by atoms with van der Waals surface area (Å²) in [6.45, 7) is -1.01. The molecule has 0 unspecified atom stereocenters. The molecular weight excluding hydrogens is 935 g/mol. The number of para-hydroxylation sites is 4. The number of amides is 2. The van der Waals surface area contributed by atoms with Gasteiger partial charge in [0.05, 0.1) is 11.1 Å². The van der Waals surface area contributed by atoms with E-state index in [1.165, 1.54) is 24.3 Å². The molecular formula is C48H40F6N6O6S2. The number of benzene rings is 6. The molecule has 0 saturated heterocycles. The standard InChI is InChI=1S/C48H40F6N6O6S2/c49-47(50,51)35-13-17-37(18-14-35)55-45(67)59-57-39(61)25-65-43-31-9-3-11-33(43)23-29-7-2-8-30(42(29)64)24-34-12-4-10-32(22-28-6-1-5-27(21-31)41(28)63)44(34)66-26-40(62)58-60-46(68)56-38-19-15-36(16-20-38)48(52,53)54/h1-20,63-64H,21-26H2,(H,57,61)(H,58,62)(H2,55,59,67)(H2,56,60,68). The Balaban J connectivity index is 1.07. The van der Waals surface area contributed by atoms with E-state index in [-0.39, 0.29) is 58.8 Å². The van der Waals surface area contributed by atoms with Crippen LogP contribution in [0.5, 0.6) is 23.0 Å². The Labute approximate surface area is 395 Å². The molecule has 0 aromatic heterocycles. The highest BCUT2D eigenvalue weighted by molar-refractivity contribution is 7.80. The van der Waals surface area contributed by atoms with Crippen LogP contribution in [0.25, 0.3) is 0 Å². The first-order valence-electron chi connectivity index (χ1n) is 20.5. The molecule has 68 heavy (non-hydrogen) atoms. The van der Waals surface area contributed by atoms with E-state index in [2.05, 4.69) is 32.3 Å². The van der Waals surface area contributed by atoms with E-state index in [1.807, 2.05) is 0 Å². The smallest absolute Gasteiger partial charge is 0.416 e. The van der Waals surface area contributed by atoms with Crippen LogP contribution < -0.4 is 41.8 Å². The number of ether oxygens (including phenoxy) is 2. The van der Waals surface area contributed by atoms with Crippen LogP contribution in [0.3, 0.4) is 0 Å². The number of fused-ring (bicyclic) bond motifs is 8. The van der Waals surface area contributed by atoms with E-state index in [9.17, 15) is 46.1 Å². The van der Waals surface area contributed by atoms with Gasteiger partial charge in [0.1, 0.15) is 23.0 Å². The predicted molar refractivity (Wildman–Crippen MR) is 249 cm³/mol. The number of phenolic OH excluding ortho intramolecular Hbond substituents is 2. The van der Waals surface area contributed by atoms with Crippen molar-refractivity contribution in [1.82, 2.24) is 21.7 Å². The molecule has 8 N–H and O–H groups in total. The molecule has 8 bridgehead atoms. The van der Waals surface area contributed by atoms with Gasteiger partial charge in [-0.05, 0) is 117 Å². The van der Waals surface area contributed by atoms with Crippen molar-refractivity contribution >= 4 is 57.8 Å². The van der Waals surface area contributed by atoms with Gasteiger partial charge < -0.3 is 30.3 Å². The Morgan fingerprint density at radius 2 is 0.735 bits per heavy atom. The first-order valence-corrected chi connectivity index (χ1v) is 21.4. The number of carbonyl (C=O) groups excluding carboxylic acids is 2. The normalized spacial score (nSPS) is 12.2. The molecule has 0 heterocycles. The van der Waals surface area contributed by atoms with Crippen molar-refractivity contribution in [3.8, 4) is 23.0 Å². The Hall–Kier alpha value is -7.58. The van der Waals surface area contributed by atoms with Gasteiger partial charge in [0.15, 0.2) is 23.4 Å². The van der Waals surface area contributed by atoms with Gasteiger partial charge in [-0.25, -0.2) is 0 Å².